The van der Waals surface area contributed by atoms with E-state index in [4.69, 9.17) is 4.74 Å². The van der Waals surface area contributed by atoms with E-state index in [1.807, 2.05) is 64.0 Å². The Balaban J connectivity index is 1.92. The lowest BCUT2D eigenvalue weighted by Gasteiger charge is -2.35. The summed E-state index contributed by atoms with van der Waals surface area (Å²) >= 11 is 0. The molecule has 1 aliphatic rings. The van der Waals surface area contributed by atoms with E-state index in [9.17, 15) is 9.59 Å². The van der Waals surface area contributed by atoms with Crippen LogP contribution >= 0.6 is 0 Å². The molecule has 0 atom stereocenters. The van der Waals surface area contributed by atoms with Crippen molar-refractivity contribution in [2.45, 2.75) is 26.4 Å². The van der Waals surface area contributed by atoms with Crippen LogP contribution in [0, 0.1) is 0 Å². The minimum atomic E-state index is -0.502. The first kappa shape index (κ1) is 18.1. The van der Waals surface area contributed by atoms with E-state index >= 15 is 0 Å². The summed E-state index contributed by atoms with van der Waals surface area (Å²) in [6.07, 6.45) is -0.315. The van der Waals surface area contributed by atoms with E-state index in [0.717, 1.165) is 5.69 Å². The molecule has 0 radical (unpaired) electrons. The molecular weight excluding hydrogens is 306 g/mol. The Morgan fingerprint density at radius 3 is 1.92 bits per heavy atom. The second-order valence-electron chi connectivity index (χ2n) is 7.20. The van der Waals surface area contributed by atoms with Gasteiger partial charge in [-0.25, -0.2) is 4.79 Å². The van der Waals surface area contributed by atoms with E-state index in [1.165, 1.54) is 0 Å². The average Bonchev–Trinajstić information content (AvgIpc) is 2.53. The first-order chi connectivity index (χ1) is 11.2. The van der Waals surface area contributed by atoms with Gasteiger partial charge in [-0.2, -0.15) is 0 Å². The highest BCUT2D eigenvalue weighted by atomic mass is 16.6. The first-order valence-electron chi connectivity index (χ1n) is 8.22. The van der Waals surface area contributed by atoms with Crippen molar-refractivity contribution in [1.82, 2.24) is 9.80 Å². The van der Waals surface area contributed by atoms with Gasteiger partial charge in [0.15, 0.2) is 0 Å². The number of carbonyl (C=O) groups is 2. The summed E-state index contributed by atoms with van der Waals surface area (Å²) in [6, 6.07) is 7.56. The average molecular weight is 333 g/mol. The van der Waals surface area contributed by atoms with Crippen molar-refractivity contribution in [3.8, 4) is 0 Å². The molecule has 1 fully saturated rings. The van der Waals surface area contributed by atoms with Crippen LogP contribution < -0.4 is 4.90 Å². The molecule has 6 heteroatoms. The molecule has 2 amide bonds. The number of ether oxygens (including phenoxy) is 1. The number of anilines is 1. The smallest absolute Gasteiger partial charge is 0.410 e. The third-order valence-corrected chi connectivity index (χ3v) is 3.85. The molecule has 1 aromatic carbocycles. The molecule has 0 aromatic heterocycles. The van der Waals surface area contributed by atoms with E-state index in [-0.39, 0.29) is 12.0 Å². The third kappa shape index (κ3) is 4.63. The SMILES string of the molecule is CN(C)c1ccc(C(=O)N2CCN(C(=O)OC(C)(C)C)CC2)cc1. The Bertz CT molecular complexity index is 583. The van der Waals surface area contributed by atoms with Crippen LogP contribution in [0.4, 0.5) is 10.5 Å². The monoisotopic (exact) mass is 333 g/mol. The fourth-order valence-electron chi connectivity index (χ4n) is 2.50. The van der Waals surface area contributed by atoms with Crippen molar-refractivity contribution in [2.24, 2.45) is 0 Å². The Morgan fingerprint density at radius 2 is 1.46 bits per heavy atom. The van der Waals surface area contributed by atoms with E-state index in [1.54, 1.807) is 9.80 Å². The standard InChI is InChI=1S/C18H27N3O3/c1-18(2,3)24-17(23)21-12-10-20(11-13-21)16(22)14-6-8-15(9-7-14)19(4)5/h6-9H,10-13H2,1-5H3. The van der Waals surface area contributed by atoms with Crippen molar-refractivity contribution in [3.63, 3.8) is 0 Å². The Kier molecular flexibility index (Phi) is 5.36. The number of nitrogens with zero attached hydrogens (tertiary/aromatic N) is 3. The van der Waals surface area contributed by atoms with Gasteiger partial charge in [0, 0.05) is 51.5 Å². The molecule has 0 spiro atoms. The van der Waals surface area contributed by atoms with Gasteiger partial charge in [-0.1, -0.05) is 0 Å². The molecule has 132 valence electrons. The van der Waals surface area contributed by atoms with Gasteiger partial charge in [-0.15, -0.1) is 0 Å². The maximum atomic E-state index is 12.6. The fourth-order valence-corrected chi connectivity index (χ4v) is 2.50. The predicted octanol–water partition coefficient (Wildman–Crippen LogP) is 2.45. The molecule has 6 nitrogen and oxygen atoms in total. The lowest BCUT2D eigenvalue weighted by atomic mass is 10.1. The highest BCUT2D eigenvalue weighted by molar-refractivity contribution is 5.94. The highest BCUT2D eigenvalue weighted by Crippen LogP contribution is 2.16. The number of hydrogen-bond acceptors (Lipinski definition) is 4. The molecule has 0 bridgehead atoms. The van der Waals surface area contributed by atoms with Gasteiger partial charge in [-0.05, 0) is 45.0 Å². The number of benzene rings is 1. The van der Waals surface area contributed by atoms with E-state index in [0.29, 0.717) is 31.7 Å². The number of rotatable bonds is 2. The summed E-state index contributed by atoms with van der Waals surface area (Å²) in [7, 11) is 3.93. The predicted molar refractivity (Wildman–Crippen MR) is 94.5 cm³/mol. The van der Waals surface area contributed by atoms with Gasteiger partial charge in [0.2, 0.25) is 0 Å². The molecule has 0 unspecified atom stereocenters. The zero-order valence-electron chi connectivity index (χ0n) is 15.2. The van der Waals surface area contributed by atoms with Crippen LogP contribution in [0.5, 0.6) is 0 Å². The van der Waals surface area contributed by atoms with Gasteiger partial charge in [-0.3, -0.25) is 4.79 Å². The summed E-state index contributed by atoms with van der Waals surface area (Å²) in [5.74, 6) is 0.00384. The van der Waals surface area contributed by atoms with Crippen molar-refractivity contribution in [1.29, 1.82) is 0 Å². The van der Waals surface area contributed by atoms with Gasteiger partial charge >= 0.3 is 6.09 Å². The number of piperazine rings is 1. The maximum Gasteiger partial charge on any atom is 0.410 e. The fraction of sp³-hybridized carbons (Fsp3) is 0.556. The summed E-state index contributed by atoms with van der Waals surface area (Å²) in [5, 5.41) is 0. The van der Waals surface area contributed by atoms with Gasteiger partial charge in [0.25, 0.3) is 5.91 Å². The zero-order valence-corrected chi connectivity index (χ0v) is 15.2. The van der Waals surface area contributed by atoms with Crippen LogP contribution in [0.25, 0.3) is 0 Å². The second-order valence-corrected chi connectivity index (χ2v) is 7.20. The minimum Gasteiger partial charge on any atom is -0.444 e. The molecule has 0 saturated carbocycles. The Morgan fingerprint density at radius 1 is 0.958 bits per heavy atom. The normalized spacial score (nSPS) is 15.2. The topological polar surface area (TPSA) is 53.1 Å². The summed E-state index contributed by atoms with van der Waals surface area (Å²) in [6.45, 7) is 7.58. The first-order valence-corrected chi connectivity index (χ1v) is 8.22. The van der Waals surface area contributed by atoms with Crippen molar-refractivity contribution in [3.05, 3.63) is 29.8 Å². The van der Waals surface area contributed by atoms with Gasteiger partial charge in [0.1, 0.15) is 5.60 Å². The van der Waals surface area contributed by atoms with Crippen molar-refractivity contribution < 1.29 is 14.3 Å². The van der Waals surface area contributed by atoms with Crippen LogP contribution in [-0.2, 0) is 4.74 Å². The van der Waals surface area contributed by atoms with Crippen LogP contribution in [0.15, 0.2) is 24.3 Å². The van der Waals surface area contributed by atoms with Gasteiger partial charge in [0.05, 0.1) is 0 Å². The summed E-state index contributed by atoms with van der Waals surface area (Å²) in [4.78, 5) is 30.1. The molecule has 1 heterocycles. The molecule has 24 heavy (non-hydrogen) atoms. The zero-order chi connectivity index (χ0) is 17.9. The van der Waals surface area contributed by atoms with E-state index < -0.39 is 5.60 Å². The Labute approximate surface area is 144 Å². The lowest BCUT2D eigenvalue weighted by Crippen LogP contribution is -2.51. The third-order valence-electron chi connectivity index (χ3n) is 3.85. The molecule has 0 N–H and O–H groups in total. The molecule has 1 aliphatic heterocycles. The summed E-state index contributed by atoms with van der Waals surface area (Å²) < 4.78 is 5.37. The Hall–Kier alpha value is -2.24. The molecule has 1 saturated heterocycles. The van der Waals surface area contributed by atoms with Crippen molar-refractivity contribution in [2.75, 3.05) is 45.2 Å². The number of hydrogen-bond donors (Lipinski definition) is 0. The minimum absolute atomic E-state index is 0.00384. The number of amides is 2. The van der Waals surface area contributed by atoms with E-state index in [2.05, 4.69) is 0 Å². The van der Waals surface area contributed by atoms with Crippen molar-refractivity contribution >= 4 is 17.7 Å². The molecule has 2 rings (SSSR count). The quantitative estimate of drug-likeness (QED) is 0.834. The van der Waals surface area contributed by atoms with Crippen LogP contribution in [0.3, 0.4) is 0 Å². The second kappa shape index (κ2) is 7.11. The highest BCUT2D eigenvalue weighted by Gasteiger charge is 2.28. The van der Waals surface area contributed by atoms with Crippen LogP contribution in [-0.4, -0.2) is 67.7 Å². The number of carbonyl (C=O) groups excluding carboxylic acids is 2. The summed E-state index contributed by atoms with van der Waals surface area (Å²) in [5.41, 5.74) is 1.23. The lowest BCUT2D eigenvalue weighted by molar-refractivity contribution is 0.0141. The molecule has 0 aliphatic carbocycles. The van der Waals surface area contributed by atoms with Crippen LogP contribution in [0.2, 0.25) is 0 Å². The maximum absolute atomic E-state index is 12.6. The largest absolute Gasteiger partial charge is 0.444 e. The van der Waals surface area contributed by atoms with Crippen LogP contribution in [0.1, 0.15) is 31.1 Å². The van der Waals surface area contributed by atoms with Gasteiger partial charge < -0.3 is 19.4 Å². The molecule has 1 aromatic rings. The molecular formula is C18H27N3O3.